The van der Waals surface area contributed by atoms with E-state index in [1.54, 1.807) is 0 Å². The van der Waals surface area contributed by atoms with Crippen LogP contribution in [-0.4, -0.2) is 16.3 Å². The fourth-order valence-corrected chi connectivity index (χ4v) is 1.91. The highest BCUT2D eigenvalue weighted by Gasteiger charge is 2.10. The maximum Gasteiger partial charge on any atom is 0.0538 e. The number of hydrogen-bond acceptors (Lipinski definition) is 3. The number of aryl methyl sites for hydroxylation is 1. The summed E-state index contributed by atoms with van der Waals surface area (Å²) in [6, 6.07) is 10.5. The molecule has 1 aromatic carbocycles. The van der Waals surface area contributed by atoms with Crippen molar-refractivity contribution in [2.24, 2.45) is 5.73 Å². The average molecular weight is 244 g/mol. The van der Waals surface area contributed by atoms with E-state index in [1.165, 1.54) is 5.56 Å². The van der Waals surface area contributed by atoms with Gasteiger partial charge in [-0.2, -0.15) is 5.10 Å². The molecule has 3 N–H and O–H groups in total. The largest absolute Gasteiger partial charge is 0.329 e. The van der Waals surface area contributed by atoms with E-state index in [-0.39, 0.29) is 6.04 Å². The van der Waals surface area contributed by atoms with Gasteiger partial charge in [0.1, 0.15) is 0 Å². The molecule has 2 rings (SSSR count). The van der Waals surface area contributed by atoms with Gasteiger partial charge in [0.2, 0.25) is 0 Å². The Morgan fingerprint density at radius 2 is 2.11 bits per heavy atom. The van der Waals surface area contributed by atoms with Crippen LogP contribution in [0.1, 0.15) is 24.1 Å². The molecule has 1 atom stereocenters. The van der Waals surface area contributed by atoms with Gasteiger partial charge in [0.05, 0.1) is 6.20 Å². The molecule has 0 saturated heterocycles. The summed E-state index contributed by atoms with van der Waals surface area (Å²) in [6.07, 6.45) is 3.94. The molecular weight excluding hydrogens is 224 g/mol. The van der Waals surface area contributed by atoms with Crippen LogP contribution in [0.5, 0.6) is 0 Å². The van der Waals surface area contributed by atoms with Crippen molar-refractivity contribution in [2.75, 3.05) is 6.54 Å². The van der Waals surface area contributed by atoms with E-state index in [4.69, 9.17) is 5.73 Å². The minimum atomic E-state index is 0.158. The first-order valence-corrected chi connectivity index (χ1v) is 6.33. The van der Waals surface area contributed by atoms with Crippen molar-refractivity contribution in [3.05, 3.63) is 53.9 Å². The molecule has 0 saturated carbocycles. The molecular formula is C14H20N4. The van der Waals surface area contributed by atoms with Gasteiger partial charge in [0.25, 0.3) is 0 Å². The second-order valence-electron chi connectivity index (χ2n) is 4.28. The zero-order valence-electron chi connectivity index (χ0n) is 10.7. The molecule has 1 heterocycles. The highest BCUT2D eigenvalue weighted by atomic mass is 15.3. The third kappa shape index (κ3) is 3.18. The highest BCUT2D eigenvalue weighted by Crippen LogP contribution is 2.11. The molecule has 2 aromatic rings. The maximum atomic E-state index is 5.82. The second kappa shape index (κ2) is 6.33. The molecule has 0 spiro atoms. The Morgan fingerprint density at radius 3 is 2.72 bits per heavy atom. The van der Waals surface area contributed by atoms with Gasteiger partial charge in [-0.25, -0.2) is 0 Å². The van der Waals surface area contributed by atoms with E-state index < -0.39 is 0 Å². The standard InChI is InChI=1S/C14H20N4/c1-2-18-11-13(10-17-18)14(8-15)16-9-12-6-4-3-5-7-12/h3-7,10-11,14,16H,2,8-9,15H2,1H3. The van der Waals surface area contributed by atoms with Gasteiger partial charge in [0, 0.05) is 37.4 Å². The smallest absolute Gasteiger partial charge is 0.0538 e. The van der Waals surface area contributed by atoms with Crippen LogP contribution in [0.3, 0.4) is 0 Å². The van der Waals surface area contributed by atoms with Crippen LogP contribution < -0.4 is 11.1 Å². The van der Waals surface area contributed by atoms with E-state index >= 15 is 0 Å². The summed E-state index contributed by atoms with van der Waals surface area (Å²) in [7, 11) is 0. The van der Waals surface area contributed by atoms with E-state index in [9.17, 15) is 0 Å². The predicted molar refractivity (Wildman–Crippen MR) is 73.0 cm³/mol. The van der Waals surface area contributed by atoms with Crippen molar-refractivity contribution < 1.29 is 0 Å². The van der Waals surface area contributed by atoms with Crippen molar-refractivity contribution in [3.63, 3.8) is 0 Å². The lowest BCUT2D eigenvalue weighted by atomic mass is 10.1. The molecule has 1 unspecified atom stereocenters. The monoisotopic (exact) mass is 244 g/mol. The van der Waals surface area contributed by atoms with Gasteiger partial charge in [-0.05, 0) is 12.5 Å². The molecule has 18 heavy (non-hydrogen) atoms. The molecule has 4 nitrogen and oxygen atoms in total. The van der Waals surface area contributed by atoms with Gasteiger partial charge < -0.3 is 11.1 Å². The van der Waals surface area contributed by atoms with E-state index in [0.29, 0.717) is 6.54 Å². The Labute approximate surface area is 108 Å². The minimum absolute atomic E-state index is 0.158. The Hall–Kier alpha value is -1.65. The third-order valence-corrected chi connectivity index (χ3v) is 3.01. The molecule has 96 valence electrons. The van der Waals surface area contributed by atoms with Crippen molar-refractivity contribution in [1.82, 2.24) is 15.1 Å². The average Bonchev–Trinajstić information content (AvgIpc) is 2.89. The molecule has 0 aliphatic rings. The van der Waals surface area contributed by atoms with Crippen LogP contribution in [0.25, 0.3) is 0 Å². The number of benzene rings is 1. The molecule has 1 aromatic heterocycles. The van der Waals surface area contributed by atoms with Crippen LogP contribution in [0.4, 0.5) is 0 Å². The molecule has 4 heteroatoms. The van der Waals surface area contributed by atoms with Crippen LogP contribution in [-0.2, 0) is 13.1 Å². The first-order valence-electron chi connectivity index (χ1n) is 6.33. The normalized spacial score (nSPS) is 12.6. The lowest BCUT2D eigenvalue weighted by Gasteiger charge is -2.15. The van der Waals surface area contributed by atoms with Gasteiger partial charge in [0.15, 0.2) is 0 Å². The molecule has 0 fully saturated rings. The van der Waals surface area contributed by atoms with Crippen LogP contribution >= 0.6 is 0 Å². The van der Waals surface area contributed by atoms with E-state index in [1.807, 2.05) is 29.1 Å². The lowest BCUT2D eigenvalue weighted by Crippen LogP contribution is -2.27. The Bertz CT molecular complexity index is 464. The first kappa shape index (κ1) is 12.8. The second-order valence-corrected chi connectivity index (χ2v) is 4.28. The fourth-order valence-electron chi connectivity index (χ4n) is 1.91. The van der Waals surface area contributed by atoms with Crippen LogP contribution in [0.15, 0.2) is 42.7 Å². The van der Waals surface area contributed by atoms with Crippen LogP contribution in [0.2, 0.25) is 0 Å². The van der Waals surface area contributed by atoms with Gasteiger partial charge in [-0.15, -0.1) is 0 Å². The molecule has 0 bridgehead atoms. The van der Waals surface area contributed by atoms with Crippen molar-refractivity contribution in [3.8, 4) is 0 Å². The van der Waals surface area contributed by atoms with Gasteiger partial charge >= 0.3 is 0 Å². The first-order chi connectivity index (χ1) is 8.83. The molecule has 0 aliphatic heterocycles. The Kier molecular flexibility index (Phi) is 4.50. The predicted octanol–water partition coefficient (Wildman–Crippen LogP) is 1.69. The molecule has 0 aliphatic carbocycles. The van der Waals surface area contributed by atoms with E-state index in [0.717, 1.165) is 18.7 Å². The number of nitrogens with two attached hydrogens (primary N) is 1. The minimum Gasteiger partial charge on any atom is -0.329 e. The zero-order valence-corrected chi connectivity index (χ0v) is 10.7. The Balaban J connectivity index is 1.97. The van der Waals surface area contributed by atoms with Gasteiger partial charge in [-0.1, -0.05) is 30.3 Å². The summed E-state index contributed by atoms with van der Waals surface area (Å²) in [5.41, 5.74) is 8.23. The molecule has 0 radical (unpaired) electrons. The summed E-state index contributed by atoms with van der Waals surface area (Å²) in [4.78, 5) is 0. The Morgan fingerprint density at radius 1 is 1.33 bits per heavy atom. The molecule has 0 amide bonds. The number of aromatic nitrogens is 2. The van der Waals surface area contributed by atoms with Crippen molar-refractivity contribution in [1.29, 1.82) is 0 Å². The fraction of sp³-hybridized carbons (Fsp3) is 0.357. The topological polar surface area (TPSA) is 55.9 Å². The van der Waals surface area contributed by atoms with E-state index in [2.05, 4.69) is 35.7 Å². The summed E-state index contributed by atoms with van der Waals surface area (Å²) in [5.74, 6) is 0. The third-order valence-electron chi connectivity index (χ3n) is 3.01. The summed E-state index contributed by atoms with van der Waals surface area (Å²) >= 11 is 0. The van der Waals surface area contributed by atoms with Crippen molar-refractivity contribution in [2.45, 2.75) is 26.1 Å². The quantitative estimate of drug-likeness (QED) is 0.813. The summed E-state index contributed by atoms with van der Waals surface area (Å²) < 4.78 is 1.92. The van der Waals surface area contributed by atoms with Crippen LogP contribution in [0, 0.1) is 0 Å². The SMILES string of the molecule is CCn1cc(C(CN)NCc2ccccc2)cn1. The number of nitrogens with one attached hydrogen (secondary N) is 1. The highest BCUT2D eigenvalue weighted by molar-refractivity contribution is 5.16. The summed E-state index contributed by atoms with van der Waals surface area (Å²) in [6.45, 7) is 4.35. The maximum absolute atomic E-state index is 5.82. The summed E-state index contributed by atoms with van der Waals surface area (Å²) in [5, 5.41) is 7.74. The number of rotatable bonds is 6. The number of hydrogen-bond donors (Lipinski definition) is 2. The van der Waals surface area contributed by atoms with Crippen molar-refractivity contribution >= 4 is 0 Å². The lowest BCUT2D eigenvalue weighted by molar-refractivity contribution is 0.540. The van der Waals surface area contributed by atoms with Gasteiger partial charge in [-0.3, -0.25) is 4.68 Å². The zero-order chi connectivity index (χ0) is 12.8. The number of nitrogens with zero attached hydrogens (tertiary/aromatic N) is 2.